The van der Waals surface area contributed by atoms with Gasteiger partial charge in [-0.1, -0.05) is 0 Å². The normalized spacial score (nSPS) is 8.50. The zero-order valence-electron chi connectivity index (χ0n) is 6.40. The first-order valence-electron chi connectivity index (χ1n) is 2.91. The van der Waals surface area contributed by atoms with E-state index in [0.29, 0.717) is 0 Å². The summed E-state index contributed by atoms with van der Waals surface area (Å²) in [6, 6.07) is 4.31. The Morgan fingerprint density at radius 3 is 2.00 bits per heavy atom. The van der Waals surface area contributed by atoms with Crippen molar-refractivity contribution in [2.45, 2.75) is 0 Å². The standard InChI is InChI=1S/C7H5F2O.ClH.Zn/c1-10-7-5(8)3-2-4-6(7)9;;/h3-4H,1H3;1H;/q-1;;+2/p-1. The molecule has 0 saturated heterocycles. The van der Waals surface area contributed by atoms with E-state index in [1.807, 2.05) is 0 Å². The topological polar surface area (TPSA) is 9.23 Å². The van der Waals surface area contributed by atoms with E-state index in [-0.39, 0.29) is 5.75 Å². The van der Waals surface area contributed by atoms with Crippen molar-refractivity contribution in [3.05, 3.63) is 29.8 Å². The Kier molecular flexibility index (Phi) is 6.22. The van der Waals surface area contributed by atoms with Gasteiger partial charge in [0.1, 0.15) is 0 Å². The van der Waals surface area contributed by atoms with Crippen LogP contribution in [0.25, 0.3) is 0 Å². The number of ether oxygens (including phenoxy) is 1. The summed E-state index contributed by atoms with van der Waals surface area (Å²) in [4.78, 5) is 0. The molecule has 0 N–H and O–H groups in total. The fourth-order valence-corrected chi connectivity index (χ4v) is 0.628. The molecule has 1 rings (SSSR count). The van der Waals surface area contributed by atoms with Crippen molar-refractivity contribution in [2.24, 2.45) is 0 Å². The van der Waals surface area contributed by atoms with Crippen molar-refractivity contribution in [3.63, 3.8) is 0 Å². The third-order valence-corrected chi connectivity index (χ3v) is 1.06. The molecule has 12 heavy (non-hydrogen) atoms. The van der Waals surface area contributed by atoms with Crippen LogP contribution in [0.3, 0.4) is 0 Å². The van der Waals surface area contributed by atoms with Crippen LogP contribution in [0.4, 0.5) is 8.78 Å². The average Bonchev–Trinajstić information content (AvgIpc) is 2.08. The van der Waals surface area contributed by atoms with Crippen LogP contribution in [0.1, 0.15) is 0 Å². The number of halogens is 3. The van der Waals surface area contributed by atoms with E-state index in [9.17, 15) is 8.78 Å². The van der Waals surface area contributed by atoms with Crippen LogP contribution in [0.2, 0.25) is 0 Å². The molecule has 0 unspecified atom stereocenters. The summed E-state index contributed by atoms with van der Waals surface area (Å²) >= 11 is 0.847. The molecule has 0 heterocycles. The van der Waals surface area contributed by atoms with Crippen LogP contribution >= 0.6 is 9.69 Å². The fourth-order valence-electron chi connectivity index (χ4n) is 0.628. The van der Waals surface area contributed by atoms with Gasteiger partial charge < -0.3 is 4.74 Å². The van der Waals surface area contributed by atoms with Crippen molar-refractivity contribution in [1.29, 1.82) is 0 Å². The SMILES string of the molecule is COc1c(F)c[c-]cc1F.[Cl][Zn+]. The Morgan fingerprint density at radius 1 is 1.33 bits per heavy atom. The molecule has 0 bridgehead atoms. The Morgan fingerprint density at radius 2 is 1.75 bits per heavy atom. The molecule has 1 aromatic rings. The van der Waals surface area contributed by atoms with Gasteiger partial charge in [0.2, 0.25) is 0 Å². The second-order valence-electron chi connectivity index (χ2n) is 1.68. The number of hydrogen-bond acceptors (Lipinski definition) is 1. The second kappa shape index (κ2) is 6.32. The molecule has 0 aromatic heterocycles. The second-order valence-corrected chi connectivity index (χ2v) is 1.68. The van der Waals surface area contributed by atoms with Crippen LogP contribution in [-0.2, 0) is 17.3 Å². The minimum absolute atomic E-state index is 0.362. The van der Waals surface area contributed by atoms with Gasteiger partial charge in [-0.15, -0.1) is 12.1 Å². The predicted octanol–water partition coefficient (Wildman–Crippen LogP) is 2.46. The molecule has 5 heteroatoms. The van der Waals surface area contributed by atoms with Gasteiger partial charge in [-0.25, -0.2) is 0 Å². The Labute approximate surface area is 83.4 Å². The van der Waals surface area contributed by atoms with Gasteiger partial charge in [-0.2, -0.15) is 6.07 Å². The number of methoxy groups -OCH3 is 1. The maximum absolute atomic E-state index is 12.5. The van der Waals surface area contributed by atoms with Crippen LogP contribution in [0, 0.1) is 17.7 Å². The van der Waals surface area contributed by atoms with Gasteiger partial charge in [-0.3, -0.25) is 8.78 Å². The Hall–Kier alpha value is -0.207. The third kappa shape index (κ3) is 3.04. The first-order chi connectivity index (χ1) is 5.75. The van der Waals surface area contributed by atoms with Gasteiger partial charge >= 0.3 is 27.0 Å². The van der Waals surface area contributed by atoms with E-state index >= 15 is 0 Å². The summed E-state index contributed by atoms with van der Waals surface area (Å²) in [5.41, 5.74) is 0. The quantitative estimate of drug-likeness (QED) is 0.544. The van der Waals surface area contributed by atoms with E-state index in [0.717, 1.165) is 29.4 Å². The zero-order valence-corrected chi connectivity index (χ0v) is 10.1. The first-order valence-corrected chi connectivity index (χ1v) is 6.81. The van der Waals surface area contributed by atoms with E-state index in [1.54, 1.807) is 0 Å². The molecule has 0 fully saturated rings. The fraction of sp³-hybridized carbons (Fsp3) is 0.143. The number of benzene rings is 1. The monoisotopic (exact) mass is 242 g/mol. The van der Waals surface area contributed by atoms with Crippen molar-refractivity contribution >= 4 is 9.69 Å². The molecular formula is C7H5ClF2OZn. The molecular weight excluding hydrogens is 239 g/mol. The zero-order chi connectivity index (χ0) is 9.56. The third-order valence-electron chi connectivity index (χ3n) is 1.06. The molecule has 1 aromatic carbocycles. The van der Waals surface area contributed by atoms with E-state index in [1.165, 1.54) is 7.11 Å². The summed E-state index contributed by atoms with van der Waals surface area (Å²) < 4.78 is 29.3. The van der Waals surface area contributed by atoms with Crippen molar-refractivity contribution in [3.8, 4) is 5.75 Å². The molecule has 0 amide bonds. The summed E-state index contributed by atoms with van der Waals surface area (Å²) in [6.07, 6.45) is 0. The van der Waals surface area contributed by atoms with E-state index in [4.69, 9.17) is 9.69 Å². The summed E-state index contributed by atoms with van der Waals surface area (Å²) in [6.45, 7) is 0. The van der Waals surface area contributed by atoms with Crippen LogP contribution in [0.15, 0.2) is 12.1 Å². The van der Waals surface area contributed by atoms with Crippen LogP contribution in [0.5, 0.6) is 5.75 Å². The van der Waals surface area contributed by atoms with E-state index in [2.05, 4.69) is 10.8 Å². The van der Waals surface area contributed by atoms with Crippen LogP contribution < -0.4 is 4.74 Å². The number of hydrogen-bond donors (Lipinski definition) is 0. The van der Waals surface area contributed by atoms with Gasteiger partial charge in [0.25, 0.3) is 0 Å². The maximum atomic E-state index is 12.5. The van der Waals surface area contributed by atoms with Crippen molar-refractivity contribution in [1.82, 2.24) is 0 Å². The van der Waals surface area contributed by atoms with Gasteiger partial charge in [0.15, 0.2) is 0 Å². The molecule has 0 aliphatic carbocycles. The molecule has 0 saturated carbocycles. The summed E-state index contributed by atoms with van der Waals surface area (Å²) in [5.74, 6) is -1.83. The molecule has 0 atom stereocenters. The van der Waals surface area contributed by atoms with E-state index < -0.39 is 11.6 Å². The average molecular weight is 244 g/mol. The first kappa shape index (κ1) is 11.8. The molecule has 1 nitrogen and oxygen atoms in total. The molecule has 62 valence electrons. The Balaban J connectivity index is 0.000000561. The summed E-state index contributed by atoms with van der Waals surface area (Å²) in [5, 5.41) is 0. The minimum atomic E-state index is -0.734. The number of rotatable bonds is 1. The van der Waals surface area contributed by atoms with Crippen molar-refractivity contribution < 1.29 is 30.8 Å². The van der Waals surface area contributed by atoms with Crippen molar-refractivity contribution in [2.75, 3.05) is 7.11 Å². The van der Waals surface area contributed by atoms with Crippen LogP contribution in [-0.4, -0.2) is 7.11 Å². The van der Waals surface area contributed by atoms with Gasteiger partial charge in [-0.05, 0) is 0 Å². The molecule has 0 aliphatic rings. The van der Waals surface area contributed by atoms with Gasteiger partial charge in [0.05, 0.1) is 24.5 Å². The molecule has 0 radical (unpaired) electrons. The summed E-state index contributed by atoms with van der Waals surface area (Å²) in [7, 11) is 5.97. The Bertz CT molecular complexity index is 225. The van der Waals surface area contributed by atoms with Gasteiger partial charge in [0, 0.05) is 0 Å². The predicted molar refractivity (Wildman–Crippen MR) is 37.6 cm³/mol. The molecule has 0 spiro atoms. The molecule has 0 aliphatic heterocycles.